The predicted molar refractivity (Wildman–Crippen MR) is 73.1 cm³/mol. The zero-order valence-corrected chi connectivity index (χ0v) is 11.9. The number of halogens is 1. The van der Waals surface area contributed by atoms with Gasteiger partial charge in [0.2, 0.25) is 0 Å². The Morgan fingerprint density at radius 1 is 1.33 bits per heavy atom. The lowest BCUT2D eigenvalue weighted by Gasteiger charge is -2.25. The first-order chi connectivity index (χ1) is 8.41. The van der Waals surface area contributed by atoms with Crippen molar-refractivity contribution in [1.29, 1.82) is 0 Å². The number of ether oxygens (including phenoxy) is 1. The average Bonchev–Trinajstić information content (AvgIpc) is 2.36. The SMILES string of the molecule is CCC(O)(CC)COc1ccc([C@H](C)O)cc1Cl. The van der Waals surface area contributed by atoms with Crippen molar-refractivity contribution in [3.8, 4) is 5.75 Å². The van der Waals surface area contributed by atoms with Gasteiger partial charge in [0.1, 0.15) is 12.4 Å². The molecule has 1 aromatic carbocycles. The van der Waals surface area contributed by atoms with Gasteiger partial charge in [0.25, 0.3) is 0 Å². The highest BCUT2D eigenvalue weighted by molar-refractivity contribution is 6.32. The van der Waals surface area contributed by atoms with Crippen LogP contribution >= 0.6 is 11.6 Å². The maximum Gasteiger partial charge on any atom is 0.138 e. The summed E-state index contributed by atoms with van der Waals surface area (Å²) in [6.07, 6.45) is 0.708. The molecule has 0 radical (unpaired) electrons. The summed E-state index contributed by atoms with van der Waals surface area (Å²) in [5.74, 6) is 0.529. The summed E-state index contributed by atoms with van der Waals surface area (Å²) in [6, 6.07) is 5.16. The van der Waals surface area contributed by atoms with Gasteiger partial charge in [-0.25, -0.2) is 0 Å². The molecule has 0 saturated heterocycles. The van der Waals surface area contributed by atoms with Crippen molar-refractivity contribution >= 4 is 11.6 Å². The van der Waals surface area contributed by atoms with Crippen LogP contribution in [0.2, 0.25) is 5.02 Å². The smallest absolute Gasteiger partial charge is 0.138 e. The molecule has 102 valence electrons. The van der Waals surface area contributed by atoms with Crippen LogP contribution in [0, 0.1) is 0 Å². The van der Waals surface area contributed by atoms with Gasteiger partial charge in [-0.3, -0.25) is 0 Å². The monoisotopic (exact) mass is 272 g/mol. The van der Waals surface area contributed by atoms with Crippen LogP contribution in [0.15, 0.2) is 18.2 Å². The summed E-state index contributed by atoms with van der Waals surface area (Å²) in [5.41, 5.74) is -0.0692. The molecule has 0 aliphatic rings. The Hall–Kier alpha value is -0.770. The molecule has 2 N–H and O–H groups in total. The molecule has 18 heavy (non-hydrogen) atoms. The molecule has 0 unspecified atom stereocenters. The third-order valence-electron chi connectivity index (χ3n) is 3.25. The first kappa shape index (κ1) is 15.3. The Morgan fingerprint density at radius 2 is 1.94 bits per heavy atom. The molecule has 0 amide bonds. The minimum Gasteiger partial charge on any atom is -0.489 e. The van der Waals surface area contributed by atoms with E-state index in [1.165, 1.54) is 0 Å². The number of benzene rings is 1. The lowest BCUT2D eigenvalue weighted by molar-refractivity contribution is -0.0113. The van der Waals surface area contributed by atoms with Gasteiger partial charge < -0.3 is 14.9 Å². The van der Waals surface area contributed by atoms with Crippen molar-refractivity contribution in [3.05, 3.63) is 28.8 Å². The Labute approximate surface area is 113 Å². The lowest BCUT2D eigenvalue weighted by atomic mass is 9.99. The average molecular weight is 273 g/mol. The zero-order chi connectivity index (χ0) is 13.8. The lowest BCUT2D eigenvalue weighted by Crippen LogP contribution is -2.34. The number of rotatable bonds is 6. The molecule has 0 aliphatic heterocycles. The van der Waals surface area contributed by atoms with E-state index in [-0.39, 0.29) is 6.61 Å². The third kappa shape index (κ3) is 3.87. The summed E-state index contributed by atoms with van der Waals surface area (Å²) in [6.45, 7) is 5.74. The highest BCUT2D eigenvalue weighted by Crippen LogP contribution is 2.29. The molecule has 0 aromatic heterocycles. The van der Waals surface area contributed by atoms with E-state index in [0.717, 1.165) is 5.56 Å². The van der Waals surface area contributed by atoms with Crippen molar-refractivity contribution in [3.63, 3.8) is 0 Å². The third-order valence-corrected chi connectivity index (χ3v) is 3.55. The molecule has 1 atom stereocenters. The first-order valence-electron chi connectivity index (χ1n) is 6.24. The van der Waals surface area contributed by atoms with Crippen LogP contribution in [0.4, 0.5) is 0 Å². The maximum atomic E-state index is 10.1. The van der Waals surface area contributed by atoms with Crippen molar-refractivity contribution in [2.24, 2.45) is 0 Å². The van der Waals surface area contributed by atoms with Crippen LogP contribution in [0.3, 0.4) is 0 Å². The van der Waals surface area contributed by atoms with Crippen molar-refractivity contribution in [1.82, 2.24) is 0 Å². The first-order valence-corrected chi connectivity index (χ1v) is 6.62. The maximum absolute atomic E-state index is 10.1. The van der Waals surface area contributed by atoms with Gasteiger partial charge in [0, 0.05) is 0 Å². The molecule has 0 saturated carbocycles. The summed E-state index contributed by atoms with van der Waals surface area (Å²) < 4.78 is 5.55. The zero-order valence-electron chi connectivity index (χ0n) is 11.1. The Morgan fingerprint density at radius 3 is 2.39 bits per heavy atom. The van der Waals surface area contributed by atoms with Crippen LogP contribution in [0.5, 0.6) is 5.75 Å². The van der Waals surface area contributed by atoms with Crippen LogP contribution in [-0.4, -0.2) is 22.4 Å². The van der Waals surface area contributed by atoms with E-state index in [0.29, 0.717) is 23.6 Å². The van der Waals surface area contributed by atoms with Crippen molar-refractivity contribution < 1.29 is 14.9 Å². The molecule has 0 heterocycles. The highest BCUT2D eigenvalue weighted by Gasteiger charge is 2.23. The molecule has 4 heteroatoms. The van der Waals surface area contributed by atoms with Crippen molar-refractivity contribution in [2.45, 2.75) is 45.3 Å². The molecule has 1 aromatic rings. The van der Waals surface area contributed by atoms with Gasteiger partial charge in [0.05, 0.1) is 16.7 Å². The predicted octanol–water partition coefficient (Wildman–Crippen LogP) is 3.32. The Bertz CT molecular complexity index is 387. The van der Waals surface area contributed by atoms with E-state index >= 15 is 0 Å². The van der Waals surface area contributed by atoms with Gasteiger partial charge in [-0.05, 0) is 37.5 Å². The van der Waals surface area contributed by atoms with Gasteiger partial charge >= 0.3 is 0 Å². The van der Waals surface area contributed by atoms with Gasteiger partial charge in [-0.1, -0.05) is 31.5 Å². The van der Waals surface area contributed by atoms with Crippen LogP contribution in [0.25, 0.3) is 0 Å². The normalized spacial score (nSPS) is 13.4. The molecular weight excluding hydrogens is 252 g/mol. The fraction of sp³-hybridized carbons (Fsp3) is 0.571. The fourth-order valence-electron chi connectivity index (χ4n) is 1.56. The largest absolute Gasteiger partial charge is 0.489 e. The summed E-state index contributed by atoms with van der Waals surface area (Å²) >= 11 is 6.07. The van der Waals surface area contributed by atoms with E-state index < -0.39 is 11.7 Å². The molecule has 0 aliphatic carbocycles. The number of hydrogen-bond donors (Lipinski definition) is 2. The van der Waals surface area contributed by atoms with Crippen LogP contribution in [-0.2, 0) is 0 Å². The van der Waals surface area contributed by atoms with Gasteiger partial charge in [-0.15, -0.1) is 0 Å². The summed E-state index contributed by atoms with van der Waals surface area (Å²) in [4.78, 5) is 0. The molecule has 0 spiro atoms. The number of hydrogen-bond acceptors (Lipinski definition) is 3. The standard InChI is InChI=1S/C14H21ClO3/c1-4-14(17,5-2)9-18-13-7-6-11(10(3)16)8-12(13)15/h6-8,10,16-17H,4-5,9H2,1-3H3/t10-/m0/s1. The summed E-state index contributed by atoms with van der Waals surface area (Å²) in [7, 11) is 0. The molecule has 1 rings (SSSR count). The minimum atomic E-state index is -0.813. The number of aliphatic hydroxyl groups is 2. The second-order valence-electron chi connectivity index (χ2n) is 4.59. The second-order valence-corrected chi connectivity index (χ2v) is 4.99. The van der Waals surface area contributed by atoms with E-state index in [4.69, 9.17) is 16.3 Å². The van der Waals surface area contributed by atoms with Gasteiger partial charge in [0.15, 0.2) is 0 Å². The summed E-state index contributed by atoms with van der Waals surface area (Å²) in [5, 5.41) is 20.0. The van der Waals surface area contributed by atoms with E-state index in [9.17, 15) is 10.2 Å². The van der Waals surface area contributed by atoms with Crippen molar-refractivity contribution in [2.75, 3.05) is 6.61 Å². The highest BCUT2D eigenvalue weighted by atomic mass is 35.5. The quantitative estimate of drug-likeness (QED) is 0.835. The topological polar surface area (TPSA) is 49.7 Å². The molecule has 0 fully saturated rings. The molecular formula is C14H21ClO3. The second kappa shape index (κ2) is 6.41. The molecule has 3 nitrogen and oxygen atoms in total. The van der Waals surface area contributed by atoms with E-state index in [1.807, 2.05) is 13.8 Å². The van der Waals surface area contributed by atoms with Gasteiger partial charge in [-0.2, -0.15) is 0 Å². The fourth-order valence-corrected chi connectivity index (χ4v) is 1.80. The molecule has 0 bridgehead atoms. The van der Waals surface area contributed by atoms with Crippen LogP contribution < -0.4 is 4.74 Å². The van der Waals surface area contributed by atoms with E-state index in [2.05, 4.69) is 0 Å². The van der Waals surface area contributed by atoms with Crippen LogP contribution in [0.1, 0.15) is 45.3 Å². The van der Waals surface area contributed by atoms with E-state index in [1.54, 1.807) is 25.1 Å². The Balaban J connectivity index is 2.74. The Kier molecular flexibility index (Phi) is 5.45. The number of aliphatic hydroxyl groups excluding tert-OH is 1. The minimum absolute atomic E-state index is 0.216.